The van der Waals surface area contributed by atoms with Crippen LogP contribution in [0.5, 0.6) is 0 Å². The number of carbonyl (C=O) groups is 1. The van der Waals surface area contributed by atoms with Crippen LogP contribution in [0.25, 0.3) is 0 Å². The highest BCUT2D eigenvalue weighted by Gasteiger charge is 2.52. The van der Waals surface area contributed by atoms with Crippen molar-refractivity contribution in [1.82, 2.24) is 4.90 Å². The van der Waals surface area contributed by atoms with Crippen molar-refractivity contribution in [2.45, 2.75) is 71.1 Å². The summed E-state index contributed by atoms with van der Waals surface area (Å²) in [4.78, 5) is 16.1. The number of carbonyl (C=O) groups excluding carboxylic acids is 1. The molecule has 0 radical (unpaired) electrons. The molecule has 1 aliphatic carbocycles. The fraction of sp³-hybridized carbons (Fsp3) is 0.424. The number of Topliss-reactive ketones (excluding diaryl/α,β-unsaturated/α-hetero) is 1. The molecule has 2 aliphatic rings. The third-order valence-corrected chi connectivity index (χ3v) is 8.73. The first-order valence-corrected chi connectivity index (χ1v) is 13.6. The van der Waals surface area contributed by atoms with Gasteiger partial charge in [0.25, 0.3) is 0 Å². The normalized spacial score (nSPS) is 25.5. The second-order valence-corrected chi connectivity index (χ2v) is 11.2. The van der Waals surface area contributed by atoms with Crippen LogP contribution in [0.15, 0.2) is 78.9 Å². The predicted octanol–water partition coefficient (Wildman–Crippen LogP) is 7.44. The molecule has 1 aliphatic heterocycles. The van der Waals surface area contributed by atoms with Crippen LogP contribution in [0.2, 0.25) is 0 Å². The zero-order valence-corrected chi connectivity index (χ0v) is 21.7. The lowest BCUT2D eigenvalue weighted by molar-refractivity contribution is -0.102. The third kappa shape index (κ3) is 5.05. The molecule has 2 fully saturated rings. The van der Waals surface area contributed by atoms with E-state index in [2.05, 4.69) is 66.4 Å². The summed E-state index contributed by atoms with van der Waals surface area (Å²) in [5.41, 5.74) is 6.06. The summed E-state index contributed by atoms with van der Waals surface area (Å²) >= 11 is 0. The molecular formula is C33H39NO2. The predicted molar refractivity (Wildman–Crippen MR) is 146 cm³/mol. The van der Waals surface area contributed by atoms with Crippen LogP contribution in [0.1, 0.15) is 90.2 Å². The fourth-order valence-electron chi connectivity index (χ4n) is 6.66. The fourth-order valence-corrected chi connectivity index (χ4v) is 6.66. The number of aryl methyl sites for hydroxylation is 1. The molecular weight excluding hydrogens is 442 g/mol. The van der Waals surface area contributed by atoms with Crippen LogP contribution in [0.3, 0.4) is 0 Å². The van der Waals surface area contributed by atoms with Gasteiger partial charge in [-0.3, -0.25) is 9.69 Å². The van der Waals surface area contributed by atoms with Gasteiger partial charge in [0.1, 0.15) is 0 Å². The van der Waals surface area contributed by atoms with Gasteiger partial charge in [0.2, 0.25) is 0 Å². The van der Waals surface area contributed by atoms with E-state index in [1.54, 1.807) is 6.92 Å². The van der Waals surface area contributed by atoms with E-state index in [-0.39, 0.29) is 17.1 Å². The first-order chi connectivity index (χ1) is 17.5. The molecule has 0 amide bonds. The number of hydrogen-bond donors (Lipinski definition) is 1. The summed E-state index contributed by atoms with van der Waals surface area (Å²) < 4.78 is 0. The molecule has 0 aromatic heterocycles. The Morgan fingerprint density at radius 1 is 0.944 bits per heavy atom. The smallest absolute Gasteiger partial charge is 0.165 e. The molecule has 3 aromatic rings. The Morgan fingerprint density at radius 3 is 2.39 bits per heavy atom. The molecule has 3 nitrogen and oxygen atoms in total. The minimum absolute atomic E-state index is 0.0846. The minimum atomic E-state index is -0.508. The monoisotopic (exact) mass is 481 g/mol. The van der Waals surface area contributed by atoms with Crippen molar-refractivity contribution in [3.05, 3.63) is 107 Å². The number of hydrogen-bond acceptors (Lipinski definition) is 3. The summed E-state index contributed by atoms with van der Waals surface area (Å²) in [6, 6.07) is 27.8. The Morgan fingerprint density at radius 2 is 1.67 bits per heavy atom. The Kier molecular flexibility index (Phi) is 7.41. The molecule has 1 spiro atoms. The number of rotatable bonds is 6. The molecule has 36 heavy (non-hydrogen) atoms. The van der Waals surface area contributed by atoms with Gasteiger partial charge in [0.15, 0.2) is 5.78 Å². The maximum atomic E-state index is 13.5. The van der Waals surface area contributed by atoms with Crippen molar-refractivity contribution < 1.29 is 9.90 Å². The van der Waals surface area contributed by atoms with Gasteiger partial charge in [-0.1, -0.05) is 91.7 Å². The number of benzene rings is 3. The van der Waals surface area contributed by atoms with Crippen LogP contribution in [0, 0.1) is 18.3 Å². The van der Waals surface area contributed by atoms with Gasteiger partial charge in [-0.2, -0.15) is 0 Å². The highest BCUT2D eigenvalue weighted by atomic mass is 16.3. The van der Waals surface area contributed by atoms with Crippen LogP contribution >= 0.6 is 0 Å². The lowest BCUT2D eigenvalue weighted by atomic mass is 9.61. The zero-order valence-electron chi connectivity index (χ0n) is 21.7. The molecule has 0 bridgehead atoms. The second kappa shape index (κ2) is 10.7. The SMILES string of the molecule is Cc1ccccc1CN1CC2(CCCCC(C(=O)c3ccc(C(C)O)cc3)CC2)C1c1ccccc1. The highest BCUT2D eigenvalue weighted by molar-refractivity contribution is 5.97. The van der Waals surface area contributed by atoms with Crippen LogP contribution in [0.4, 0.5) is 0 Å². The molecule has 188 valence electrons. The molecule has 3 aromatic carbocycles. The van der Waals surface area contributed by atoms with Crippen molar-refractivity contribution in [2.24, 2.45) is 11.3 Å². The van der Waals surface area contributed by atoms with E-state index in [0.29, 0.717) is 6.04 Å². The molecule has 1 saturated heterocycles. The van der Waals surface area contributed by atoms with Gasteiger partial charge >= 0.3 is 0 Å². The van der Waals surface area contributed by atoms with E-state index in [4.69, 9.17) is 0 Å². The van der Waals surface area contributed by atoms with Crippen molar-refractivity contribution in [2.75, 3.05) is 6.54 Å². The largest absolute Gasteiger partial charge is 0.389 e. The summed E-state index contributed by atoms with van der Waals surface area (Å²) in [6.45, 7) is 6.05. The van der Waals surface area contributed by atoms with E-state index in [1.807, 2.05) is 24.3 Å². The van der Waals surface area contributed by atoms with Crippen molar-refractivity contribution in [1.29, 1.82) is 0 Å². The first-order valence-electron chi connectivity index (χ1n) is 13.6. The molecule has 1 saturated carbocycles. The molecule has 4 atom stereocenters. The van der Waals surface area contributed by atoms with Gasteiger partial charge in [-0.15, -0.1) is 0 Å². The molecule has 4 unspecified atom stereocenters. The summed E-state index contributed by atoms with van der Waals surface area (Å²) in [7, 11) is 0. The maximum Gasteiger partial charge on any atom is 0.165 e. The maximum absolute atomic E-state index is 13.5. The molecule has 1 N–H and O–H groups in total. The van der Waals surface area contributed by atoms with Crippen molar-refractivity contribution in [3.63, 3.8) is 0 Å². The Hall–Kier alpha value is -2.75. The van der Waals surface area contributed by atoms with Gasteiger partial charge in [0, 0.05) is 36.0 Å². The molecule has 1 heterocycles. The Balaban J connectivity index is 1.35. The number of aliphatic hydroxyl groups is 1. The van der Waals surface area contributed by atoms with Crippen LogP contribution < -0.4 is 0 Å². The second-order valence-electron chi connectivity index (χ2n) is 11.2. The number of likely N-dealkylation sites (tertiary alicyclic amines) is 1. The number of ketones is 1. The van der Waals surface area contributed by atoms with Crippen molar-refractivity contribution in [3.8, 4) is 0 Å². The Labute approximate surface area is 216 Å². The van der Waals surface area contributed by atoms with E-state index >= 15 is 0 Å². The van der Waals surface area contributed by atoms with Gasteiger partial charge < -0.3 is 5.11 Å². The molecule has 3 heteroatoms. The van der Waals surface area contributed by atoms with E-state index in [1.165, 1.54) is 29.5 Å². The van der Waals surface area contributed by atoms with Crippen LogP contribution in [-0.2, 0) is 6.54 Å². The number of aliphatic hydroxyl groups excluding tert-OH is 1. The van der Waals surface area contributed by atoms with Gasteiger partial charge in [0.05, 0.1) is 6.10 Å². The Bertz CT molecular complexity index is 1170. The average molecular weight is 482 g/mol. The third-order valence-electron chi connectivity index (χ3n) is 8.73. The van der Waals surface area contributed by atoms with Gasteiger partial charge in [-0.25, -0.2) is 0 Å². The topological polar surface area (TPSA) is 40.5 Å². The van der Waals surface area contributed by atoms with E-state index in [9.17, 15) is 9.90 Å². The van der Waals surface area contributed by atoms with Crippen molar-refractivity contribution >= 4 is 5.78 Å². The standard InChI is InChI=1S/C33H39NO2/c1-24-10-6-7-14-30(24)22-34-23-33(32(34)29-12-4-3-5-13-29)20-9-8-11-27(19-21-33)31(36)28-17-15-26(16-18-28)25(2)35/h3-7,10,12-18,25,27,32,35H,8-9,11,19-23H2,1-2H3. The lowest BCUT2D eigenvalue weighted by Gasteiger charge is -2.59. The first kappa shape index (κ1) is 24.9. The molecule has 5 rings (SSSR count). The summed E-state index contributed by atoms with van der Waals surface area (Å²) in [5.74, 6) is 0.359. The van der Waals surface area contributed by atoms with E-state index < -0.39 is 6.10 Å². The lowest BCUT2D eigenvalue weighted by Crippen LogP contribution is -2.58. The van der Waals surface area contributed by atoms with Gasteiger partial charge in [-0.05, 0) is 61.8 Å². The highest BCUT2D eigenvalue weighted by Crippen LogP contribution is 2.56. The minimum Gasteiger partial charge on any atom is -0.389 e. The summed E-state index contributed by atoms with van der Waals surface area (Å²) in [5, 5.41) is 9.82. The summed E-state index contributed by atoms with van der Waals surface area (Å²) in [6.07, 6.45) is 6.07. The van der Waals surface area contributed by atoms with E-state index in [0.717, 1.165) is 49.9 Å². The number of nitrogens with zero attached hydrogens (tertiary/aromatic N) is 1. The average Bonchev–Trinajstić information content (AvgIpc) is 2.86. The quantitative estimate of drug-likeness (QED) is 0.372. The van der Waals surface area contributed by atoms with Crippen LogP contribution in [-0.4, -0.2) is 22.3 Å². The zero-order chi connectivity index (χ0) is 25.1.